The number of hydrogen-bond donors (Lipinski definition) is 1. The Morgan fingerprint density at radius 3 is 2.11 bits per heavy atom. The number of carbonyl (C=O) groups excluding carboxylic acids is 2. The molecule has 1 atom stereocenters. The van der Waals surface area contributed by atoms with Crippen LogP contribution >= 0.6 is 15.9 Å². The summed E-state index contributed by atoms with van der Waals surface area (Å²) in [7, 11) is -2.26. The van der Waals surface area contributed by atoms with Crippen molar-refractivity contribution in [2.75, 3.05) is 24.2 Å². The molecule has 202 valence electrons. The van der Waals surface area contributed by atoms with Crippen LogP contribution in [0.25, 0.3) is 0 Å². The molecular weight excluding hydrogens is 566 g/mol. The minimum atomic E-state index is -3.79. The van der Waals surface area contributed by atoms with Gasteiger partial charge < -0.3 is 10.2 Å². The summed E-state index contributed by atoms with van der Waals surface area (Å²) in [5, 5.41) is 2.68. The predicted octanol–water partition coefficient (Wildman–Crippen LogP) is 4.72. The van der Waals surface area contributed by atoms with Crippen LogP contribution in [0.5, 0.6) is 0 Å². The standard InChI is InChI=1S/C29H34BrN3O4S/c1-21(2)24-13-15-26(16-14-24)33(38(4,36)37)20-28(34)32(19-23-11-8-12-25(30)17-23)27(29(35)31-3)18-22-9-6-5-7-10-22/h5-17,21,27H,18-20H2,1-4H3,(H,31,35)/t27-/m1/s1. The highest BCUT2D eigenvalue weighted by molar-refractivity contribution is 9.10. The van der Waals surface area contributed by atoms with Crippen molar-refractivity contribution >= 4 is 43.5 Å². The fraction of sp³-hybridized carbons (Fsp3) is 0.310. The van der Waals surface area contributed by atoms with Crippen LogP contribution in [0.4, 0.5) is 5.69 Å². The van der Waals surface area contributed by atoms with Crippen LogP contribution in [0.1, 0.15) is 36.5 Å². The van der Waals surface area contributed by atoms with Gasteiger partial charge in [0.2, 0.25) is 21.8 Å². The summed E-state index contributed by atoms with van der Waals surface area (Å²) >= 11 is 3.47. The van der Waals surface area contributed by atoms with E-state index in [-0.39, 0.29) is 24.8 Å². The molecule has 0 fully saturated rings. The van der Waals surface area contributed by atoms with Gasteiger partial charge in [-0.2, -0.15) is 0 Å². The van der Waals surface area contributed by atoms with Gasteiger partial charge in [-0.1, -0.05) is 84.4 Å². The van der Waals surface area contributed by atoms with Crippen molar-refractivity contribution in [2.24, 2.45) is 0 Å². The maximum Gasteiger partial charge on any atom is 0.244 e. The number of nitrogens with zero attached hydrogens (tertiary/aromatic N) is 2. The van der Waals surface area contributed by atoms with Crippen molar-refractivity contribution in [3.05, 3.63) is 100 Å². The van der Waals surface area contributed by atoms with Gasteiger partial charge in [-0.05, 0) is 46.9 Å². The van der Waals surface area contributed by atoms with Gasteiger partial charge in [0.1, 0.15) is 12.6 Å². The Balaban J connectivity index is 2.01. The molecule has 0 unspecified atom stereocenters. The van der Waals surface area contributed by atoms with Crippen LogP contribution in [-0.2, 0) is 32.6 Å². The highest BCUT2D eigenvalue weighted by atomic mass is 79.9. The van der Waals surface area contributed by atoms with Gasteiger partial charge in [-0.15, -0.1) is 0 Å². The molecule has 0 aromatic heterocycles. The van der Waals surface area contributed by atoms with Gasteiger partial charge in [0, 0.05) is 24.5 Å². The van der Waals surface area contributed by atoms with Crippen LogP contribution in [0.2, 0.25) is 0 Å². The lowest BCUT2D eigenvalue weighted by Crippen LogP contribution is -2.52. The Morgan fingerprint density at radius 1 is 0.921 bits per heavy atom. The van der Waals surface area contributed by atoms with E-state index in [0.717, 1.165) is 31.7 Å². The summed E-state index contributed by atoms with van der Waals surface area (Å²) in [4.78, 5) is 28.5. The van der Waals surface area contributed by atoms with Gasteiger partial charge in [0.25, 0.3) is 0 Å². The van der Waals surface area contributed by atoms with E-state index in [1.54, 1.807) is 12.1 Å². The predicted molar refractivity (Wildman–Crippen MR) is 155 cm³/mol. The first-order valence-electron chi connectivity index (χ1n) is 12.4. The molecule has 2 amide bonds. The number of hydrogen-bond acceptors (Lipinski definition) is 4. The van der Waals surface area contributed by atoms with Crippen molar-refractivity contribution in [3.8, 4) is 0 Å². The number of likely N-dealkylation sites (N-methyl/N-ethyl adjacent to an activating group) is 1. The van der Waals surface area contributed by atoms with Crippen LogP contribution in [0.3, 0.4) is 0 Å². The first-order valence-corrected chi connectivity index (χ1v) is 15.0. The molecule has 0 saturated heterocycles. The number of carbonyl (C=O) groups is 2. The van der Waals surface area contributed by atoms with Crippen LogP contribution in [-0.4, -0.2) is 51.0 Å². The third-order valence-electron chi connectivity index (χ3n) is 6.29. The first-order chi connectivity index (χ1) is 18.0. The molecule has 0 saturated carbocycles. The van der Waals surface area contributed by atoms with Gasteiger partial charge >= 0.3 is 0 Å². The zero-order valence-corrected chi connectivity index (χ0v) is 24.5. The molecule has 0 aliphatic rings. The van der Waals surface area contributed by atoms with E-state index >= 15 is 0 Å². The van der Waals surface area contributed by atoms with Crippen LogP contribution in [0, 0.1) is 0 Å². The Labute approximate surface area is 234 Å². The topological polar surface area (TPSA) is 86.8 Å². The van der Waals surface area contributed by atoms with Crippen molar-refractivity contribution < 1.29 is 18.0 Å². The van der Waals surface area contributed by atoms with E-state index < -0.39 is 28.5 Å². The molecule has 1 N–H and O–H groups in total. The zero-order valence-electron chi connectivity index (χ0n) is 22.1. The molecule has 3 aromatic rings. The average molecular weight is 601 g/mol. The lowest BCUT2D eigenvalue weighted by atomic mass is 10.0. The third-order valence-corrected chi connectivity index (χ3v) is 7.92. The van der Waals surface area contributed by atoms with Gasteiger partial charge in [-0.3, -0.25) is 13.9 Å². The minimum absolute atomic E-state index is 0.132. The molecule has 7 nitrogen and oxygen atoms in total. The smallest absolute Gasteiger partial charge is 0.244 e. The summed E-state index contributed by atoms with van der Waals surface area (Å²) in [5.74, 6) is -0.526. The zero-order chi connectivity index (χ0) is 27.9. The summed E-state index contributed by atoms with van der Waals surface area (Å²) in [5.41, 5.74) is 3.15. The number of anilines is 1. The molecular formula is C29H34BrN3O4S. The number of amides is 2. The van der Waals surface area contributed by atoms with Crippen molar-refractivity contribution in [1.82, 2.24) is 10.2 Å². The number of nitrogens with one attached hydrogen (secondary N) is 1. The monoisotopic (exact) mass is 599 g/mol. The van der Waals surface area contributed by atoms with E-state index in [1.807, 2.05) is 66.7 Å². The molecule has 0 aliphatic carbocycles. The first kappa shape index (κ1) is 29.4. The number of benzene rings is 3. The van der Waals surface area contributed by atoms with Crippen molar-refractivity contribution in [1.29, 1.82) is 0 Å². The van der Waals surface area contributed by atoms with E-state index in [1.165, 1.54) is 11.9 Å². The Kier molecular flexibility index (Phi) is 10.1. The minimum Gasteiger partial charge on any atom is -0.357 e. The third kappa shape index (κ3) is 7.91. The lowest BCUT2D eigenvalue weighted by molar-refractivity contribution is -0.139. The summed E-state index contributed by atoms with van der Waals surface area (Å²) in [6.07, 6.45) is 1.36. The molecule has 3 rings (SSSR count). The molecule has 38 heavy (non-hydrogen) atoms. The molecule has 0 spiro atoms. The maximum atomic E-state index is 13.9. The number of halogens is 1. The maximum absolute atomic E-state index is 13.9. The van der Waals surface area contributed by atoms with Crippen molar-refractivity contribution in [3.63, 3.8) is 0 Å². The Morgan fingerprint density at radius 2 is 1.55 bits per heavy atom. The quantitative estimate of drug-likeness (QED) is 0.345. The molecule has 9 heteroatoms. The van der Waals surface area contributed by atoms with Crippen molar-refractivity contribution in [2.45, 2.75) is 38.8 Å². The average Bonchev–Trinajstić information content (AvgIpc) is 2.88. The molecule has 0 heterocycles. The largest absolute Gasteiger partial charge is 0.357 e. The number of rotatable bonds is 11. The van der Waals surface area contributed by atoms with E-state index in [4.69, 9.17) is 0 Å². The van der Waals surface area contributed by atoms with E-state index in [2.05, 4.69) is 35.1 Å². The highest BCUT2D eigenvalue weighted by Gasteiger charge is 2.32. The van der Waals surface area contributed by atoms with Crippen LogP contribution in [0.15, 0.2) is 83.3 Å². The normalized spacial score (nSPS) is 12.2. The molecule has 0 aliphatic heterocycles. The SMILES string of the molecule is CNC(=O)[C@@H](Cc1ccccc1)N(Cc1cccc(Br)c1)C(=O)CN(c1ccc(C(C)C)cc1)S(C)(=O)=O. The lowest BCUT2D eigenvalue weighted by Gasteiger charge is -2.33. The van der Waals surface area contributed by atoms with E-state index in [9.17, 15) is 18.0 Å². The second-order valence-electron chi connectivity index (χ2n) is 9.49. The summed E-state index contributed by atoms with van der Waals surface area (Å²) < 4.78 is 27.6. The van der Waals surface area contributed by atoms with Gasteiger partial charge in [0.15, 0.2) is 0 Å². The Hall–Kier alpha value is -3.17. The number of sulfonamides is 1. The van der Waals surface area contributed by atoms with Crippen LogP contribution < -0.4 is 9.62 Å². The summed E-state index contributed by atoms with van der Waals surface area (Å²) in [6.45, 7) is 3.81. The van der Waals surface area contributed by atoms with Gasteiger partial charge in [-0.25, -0.2) is 8.42 Å². The fourth-order valence-corrected chi connectivity index (χ4v) is 5.49. The van der Waals surface area contributed by atoms with Gasteiger partial charge in [0.05, 0.1) is 11.9 Å². The highest BCUT2D eigenvalue weighted by Crippen LogP contribution is 2.24. The molecule has 0 radical (unpaired) electrons. The second-order valence-corrected chi connectivity index (χ2v) is 12.3. The molecule has 0 bridgehead atoms. The van der Waals surface area contributed by atoms with E-state index in [0.29, 0.717) is 5.69 Å². The molecule has 3 aromatic carbocycles. The summed E-state index contributed by atoms with van der Waals surface area (Å²) in [6, 6.07) is 23.2. The fourth-order valence-electron chi connectivity index (χ4n) is 4.19. The Bertz CT molecular complexity index is 1350. The second kappa shape index (κ2) is 13.1.